The maximum atomic E-state index is 11.6. The second-order valence-electron chi connectivity index (χ2n) is 4.60. The summed E-state index contributed by atoms with van der Waals surface area (Å²) >= 11 is 0. The van der Waals surface area contributed by atoms with Gasteiger partial charge < -0.3 is 15.0 Å². The lowest BCUT2D eigenvalue weighted by Crippen LogP contribution is -2.42. The lowest BCUT2D eigenvalue weighted by molar-refractivity contribution is -0.131. The molecule has 0 atom stereocenters. The van der Waals surface area contributed by atoms with Gasteiger partial charge in [-0.15, -0.1) is 0 Å². The molecule has 1 N–H and O–H groups in total. The number of likely N-dealkylation sites (tertiary alicyclic amines) is 1. The highest BCUT2D eigenvalue weighted by Crippen LogP contribution is 2.17. The van der Waals surface area contributed by atoms with Crippen LogP contribution in [0.1, 0.15) is 26.2 Å². The second kappa shape index (κ2) is 6.36. The van der Waals surface area contributed by atoms with E-state index in [0.717, 1.165) is 31.7 Å². The van der Waals surface area contributed by atoms with Crippen molar-refractivity contribution < 1.29 is 9.53 Å². The number of piperidine rings is 1. The third-order valence-corrected chi connectivity index (χ3v) is 3.35. The molecular formula is C13H20N4O2. The van der Waals surface area contributed by atoms with E-state index in [9.17, 15) is 4.79 Å². The lowest BCUT2D eigenvalue weighted by Gasteiger charge is -2.32. The van der Waals surface area contributed by atoms with E-state index in [-0.39, 0.29) is 5.91 Å². The van der Waals surface area contributed by atoms with Crippen LogP contribution in [0.2, 0.25) is 0 Å². The van der Waals surface area contributed by atoms with Crippen LogP contribution in [-0.2, 0) is 4.79 Å². The molecule has 1 amide bonds. The van der Waals surface area contributed by atoms with Gasteiger partial charge >= 0.3 is 0 Å². The highest BCUT2D eigenvalue weighted by atomic mass is 16.5. The molecule has 19 heavy (non-hydrogen) atoms. The summed E-state index contributed by atoms with van der Waals surface area (Å²) in [4.78, 5) is 21.7. The molecule has 6 heteroatoms. The number of nitrogens with zero attached hydrogens (tertiary/aromatic N) is 3. The van der Waals surface area contributed by atoms with Gasteiger partial charge in [-0.3, -0.25) is 4.79 Å². The molecule has 1 aromatic heterocycles. The maximum absolute atomic E-state index is 11.6. The number of hydrogen-bond donors (Lipinski definition) is 1. The van der Waals surface area contributed by atoms with Crippen LogP contribution in [0, 0.1) is 0 Å². The predicted molar refractivity (Wildman–Crippen MR) is 72.1 cm³/mol. The van der Waals surface area contributed by atoms with Crippen molar-refractivity contribution in [3.05, 3.63) is 12.4 Å². The van der Waals surface area contributed by atoms with Crippen molar-refractivity contribution >= 4 is 11.7 Å². The number of methoxy groups -OCH3 is 1. The first-order chi connectivity index (χ1) is 9.22. The van der Waals surface area contributed by atoms with Crippen molar-refractivity contribution in [3.8, 4) is 5.88 Å². The Balaban J connectivity index is 1.86. The molecule has 0 spiro atoms. The molecule has 1 aliphatic rings. The van der Waals surface area contributed by atoms with Gasteiger partial charge in [0, 0.05) is 31.6 Å². The minimum absolute atomic E-state index is 0.238. The molecule has 0 radical (unpaired) electrons. The number of anilines is 1. The number of carbonyl (C=O) groups is 1. The van der Waals surface area contributed by atoms with E-state index in [1.807, 2.05) is 11.8 Å². The van der Waals surface area contributed by atoms with Gasteiger partial charge in [-0.2, -0.15) is 0 Å². The van der Waals surface area contributed by atoms with Crippen LogP contribution in [0.3, 0.4) is 0 Å². The molecule has 2 heterocycles. The van der Waals surface area contributed by atoms with Gasteiger partial charge in [0.2, 0.25) is 11.8 Å². The molecule has 0 unspecified atom stereocenters. The van der Waals surface area contributed by atoms with Crippen LogP contribution >= 0.6 is 0 Å². The SMILES string of the molecule is CCC(=O)N1CCC(Nc2cc(OC)ncn2)CC1. The fourth-order valence-electron chi connectivity index (χ4n) is 2.24. The average Bonchev–Trinajstić information content (AvgIpc) is 2.47. The molecule has 0 bridgehead atoms. The Morgan fingerprint density at radius 2 is 2.21 bits per heavy atom. The minimum Gasteiger partial charge on any atom is -0.481 e. The molecule has 1 fully saturated rings. The first-order valence-corrected chi connectivity index (χ1v) is 6.63. The Labute approximate surface area is 113 Å². The molecule has 2 rings (SSSR count). The van der Waals surface area contributed by atoms with Crippen LogP contribution in [-0.4, -0.2) is 47.0 Å². The van der Waals surface area contributed by atoms with Crippen LogP contribution in [0.15, 0.2) is 12.4 Å². The highest BCUT2D eigenvalue weighted by Gasteiger charge is 2.21. The van der Waals surface area contributed by atoms with E-state index in [0.29, 0.717) is 18.3 Å². The molecule has 1 aliphatic heterocycles. The van der Waals surface area contributed by atoms with Crippen molar-refractivity contribution in [1.82, 2.24) is 14.9 Å². The monoisotopic (exact) mass is 264 g/mol. The van der Waals surface area contributed by atoms with E-state index in [4.69, 9.17) is 4.74 Å². The van der Waals surface area contributed by atoms with E-state index in [1.165, 1.54) is 6.33 Å². The summed E-state index contributed by atoms with van der Waals surface area (Å²) in [7, 11) is 1.58. The summed E-state index contributed by atoms with van der Waals surface area (Å²) < 4.78 is 5.06. The molecule has 104 valence electrons. The van der Waals surface area contributed by atoms with Gasteiger partial charge in [0.1, 0.15) is 12.1 Å². The zero-order valence-corrected chi connectivity index (χ0v) is 11.4. The minimum atomic E-state index is 0.238. The predicted octanol–water partition coefficient (Wildman–Crippen LogP) is 1.30. The topological polar surface area (TPSA) is 67.4 Å². The van der Waals surface area contributed by atoms with Gasteiger partial charge in [-0.05, 0) is 12.8 Å². The van der Waals surface area contributed by atoms with Gasteiger partial charge in [0.25, 0.3) is 0 Å². The smallest absolute Gasteiger partial charge is 0.222 e. The number of carbonyl (C=O) groups excluding carboxylic acids is 1. The number of hydrogen-bond acceptors (Lipinski definition) is 5. The van der Waals surface area contributed by atoms with Gasteiger partial charge in [0.05, 0.1) is 7.11 Å². The van der Waals surface area contributed by atoms with Crippen molar-refractivity contribution in [2.45, 2.75) is 32.2 Å². The summed E-state index contributed by atoms with van der Waals surface area (Å²) in [5.74, 6) is 1.56. The average molecular weight is 264 g/mol. The van der Waals surface area contributed by atoms with Gasteiger partial charge in [0.15, 0.2) is 0 Å². The quantitative estimate of drug-likeness (QED) is 0.887. The van der Waals surface area contributed by atoms with Crippen LogP contribution in [0.4, 0.5) is 5.82 Å². The first kappa shape index (κ1) is 13.6. The normalized spacial score (nSPS) is 16.2. The van der Waals surface area contributed by atoms with Crippen molar-refractivity contribution in [2.75, 3.05) is 25.5 Å². The number of amides is 1. The van der Waals surface area contributed by atoms with Crippen molar-refractivity contribution in [2.24, 2.45) is 0 Å². The molecular weight excluding hydrogens is 244 g/mol. The van der Waals surface area contributed by atoms with Crippen LogP contribution in [0.5, 0.6) is 5.88 Å². The van der Waals surface area contributed by atoms with E-state index in [2.05, 4.69) is 15.3 Å². The Hall–Kier alpha value is -1.85. The standard InChI is InChI=1S/C13H20N4O2/c1-3-13(18)17-6-4-10(5-7-17)16-11-8-12(19-2)15-9-14-11/h8-10H,3-7H2,1-2H3,(H,14,15,16). The Morgan fingerprint density at radius 3 is 2.84 bits per heavy atom. The van der Waals surface area contributed by atoms with E-state index < -0.39 is 0 Å². The summed E-state index contributed by atoms with van der Waals surface area (Å²) in [5, 5.41) is 3.36. The lowest BCUT2D eigenvalue weighted by atomic mass is 10.0. The van der Waals surface area contributed by atoms with Crippen molar-refractivity contribution in [1.29, 1.82) is 0 Å². The van der Waals surface area contributed by atoms with Gasteiger partial charge in [-0.1, -0.05) is 6.92 Å². The molecule has 6 nitrogen and oxygen atoms in total. The molecule has 0 aromatic carbocycles. The fourth-order valence-corrected chi connectivity index (χ4v) is 2.24. The largest absolute Gasteiger partial charge is 0.481 e. The van der Waals surface area contributed by atoms with E-state index >= 15 is 0 Å². The summed E-state index contributed by atoms with van der Waals surface area (Å²) in [6, 6.07) is 2.13. The third kappa shape index (κ3) is 3.56. The zero-order chi connectivity index (χ0) is 13.7. The molecule has 1 saturated heterocycles. The fraction of sp³-hybridized carbons (Fsp3) is 0.615. The second-order valence-corrected chi connectivity index (χ2v) is 4.60. The number of aromatic nitrogens is 2. The molecule has 1 aromatic rings. The number of nitrogens with one attached hydrogen (secondary N) is 1. The third-order valence-electron chi connectivity index (χ3n) is 3.35. The summed E-state index contributed by atoms with van der Waals surface area (Å²) in [6.45, 7) is 3.53. The first-order valence-electron chi connectivity index (χ1n) is 6.63. The Kier molecular flexibility index (Phi) is 4.54. The van der Waals surface area contributed by atoms with Crippen molar-refractivity contribution in [3.63, 3.8) is 0 Å². The van der Waals surface area contributed by atoms with Crippen LogP contribution in [0.25, 0.3) is 0 Å². The highest BCUT2D eigenvalue weighted by molar-refractivity contribution is 5.75. The van der Waals surface area contributed by atoms with E-state index in [1.54, 1.807) is 13.2 Å². The molecule has 0 saturated carbocycles. The summed E-state index contributed by atoms with van der Waals surface area (Å²) in [6.07, 6.45) is 3.95. The Morgan fingerprint density at radius 1 is 1.47 bits per heavy atom. The maximum Gasteiger partial charge on any atom is 0.222 e. The Bertz CT molecular complexity index is 430. The molecule has 0 aliphatic carbocycles. The summed E-state index contributed by atoms with van der Waals surface area (Å²) in [5.41, 5.74) is 0. The van der Waals surface area contributed by atoms with Crippen LogP contribution < -0.4 is 10.1 Å². The zero-order valence-electron chi connectivity index (χ0n) is 11.4. The number of ether oxygens (including phenoxy) is 1. The number of rotatable bonds is 4. The van der Waals surface area contributed by atoms with Gasteiger partial charge in [-0.25, -0.2) is 9.97 Å².